The number of carbonyl (C=O) groups is 3. The van der Waals surface area contributed by atoms with Gasteiger partial charge in [-0.05, 0) is 25.8 Å². The number of hydrogen-bond acceptors (Lipinski definition) is 4. The second-order valence-electron chi connectivity index (χ2n) is 4.16. The molecule has 0 radical (unpaired) electrons. The molecule has 0 bridgehead atoms. The molecule has 6 nitrogen and oxygen atoms in total. The summed E-state index contributed by atoms with van der Waals surface area (Å²) in [5.41, 5.74) is 0. The Balaban J connectivity index is 1.86. The number of amides is 3. The lowest BCUT2D eigenvalue weighted by atomic mass is 10.1. The van der Waals surface area contributed by atoms with E-state index in [0.29, 0.717) is 6.42 Å². The van der Waals surface area contributed by atoms with Crippen molar-refractivity contribution in [2.45, 2.75) is 37.8 Å². The molecule has 2 aliphatic rings. The molecule has 0 aromatic rings. The summed E-state index contributed by atoms with van der Waals surface area (Å²) in [6.07, 6.45) is 2.46. The predicted molar refractivity (Wildman–Crippen MR) is 55.3 cm³/mol. The van der Waals surface area contributed by atoms with Gasteiger partial charge in [0.15, 0.2) is 0 Å². The van der Waals surface area contributed by atoms with Crippen LogP contribution in [0.15, 0.2) is 0 Å². The molecule has 2 atom stereocenters. The largest absolute Gasteiger partial charge is 0.343 e. The lowest BCUT2D eigenvalue weighted by Gasteiger charge is -2.23. The van der Waals surface area contributed by atoms with Gasteiger partial charge >= 0.3 is 0 Å². The van der Waals surface area contributed by atoms with E-state index in [-0.39, 0.29) is 24.3 Å². The van der Waals surface area contributed by atoms with Gasteiger partial charge in [-0.25, -0.2) is 0 Å². The Labute approximate surface area is 93.1 Å². The number of carbonyl (C=O) groups excluding carboxylic acids is 3. The molecule has 2 saturated heterocycles. The molecule has 6 heteroatoms. The molecule has 16 heavy (non-hydrogen) atoms. The summed E-state index contributed by atoms with van der Waals surface area (Å²) in [5.74, 6) is -0.816. The molecule has 3 N–H and O–H groups in total. The second kappa shape index (κ2) is 4.61. The van der Waals surface area contributed by atoms with Crippen LogP contribution in [0.3, 0.4) is 0 Å². The molecule has 2 aliphatic heterocycles. The number of rotatable bonds is 2. The zero-order valence-corrected chi connectivity index (χ0v) is 8.91. The van der Waals surface area contributed by atoms with Gasteiger partial charge in [0, 0.05) is 6.42 Å². The standard InChI is InChI=1S/C10H15N3O3/c14-8-4-3-7(10(16)13-8)12-9(15)6-2-1-5-11-6/h6-7,11H,1-5H2,(H,12,15)(H,13,14,16)/t6-,7?/m1/s1. The lowest BCUT2D eigenvalue weighted by Crippen LogP contribution is -2.55. The summed E-state index contributed by atoms with van der Waals surface area (Å²) in [6.45, 7) is 0.841. The highest BCUT2D eigenvalue weighted by Gasteiger charge is 2.30. The van der Waals surface area contributed by atoms with Gasteiger partial charge in [-0.1, -0.05) is 0 Å². The number of hydrogen-bond donors (Lipinski definition) is 3. The minimum atomic E-state index is -0.562. The summed E-state index contributed by atoms with van der Waals surface area (Å²) >= 11 is 0. The van der Waals surface area contributed by atoms with E-state index < -0.39 is 11.9 Å². The third-order valence-electron chi connectivity index (χ3n) is 2.93. The summed E-state index contributed by atoms with van der Waals surface area (Å²) in [4.78, 5) is 34.0. The third-order valence-corrected chi connectivity index (χ3v) is 2.93. The minimum Gasteiger partial charge on any atom is -0.343 e. The molecule has 0 aliphatic carbocycles. The van der Waals surface area contributed by atoms with Crippen LogP contribution in [-0.4, -0.2) is 36.3 Å². The van der Waals surface area contributed by atoms with Crippen LogP contribution in [-0.2, 0) is 14.4 Å². The fourth-order valence-electron chi connectivity index (χ4n) is 2.01. The highest BCUT2D eigenvalue weighted by atomic mass is 16.2. The van der Waals surface area contributed by atoms with Crippen molar-refractivity contribution < 1.29 is 14.4 Å². The minimum absolute atomic E-state index is 0.146. The van der Waals surface area contributed by atoms with Gasteiger partial charge in [-0.2, -0.15) is 0 Å². The van der Waals surface area contributed by atoms with Crippen molar-refractivity contribution in [2.24, 2.45) is 0 Å². The first-order valence-corrected chi connectivity index (χ1v) is 5.54. The van der Waals surface area contributed by atoms with Crippen LogP contribution >= 0.6 is 0 Å². The summed E-state index contributed by atoms with van der Waals surface area (Å²) in [6, 6.07) is -0.752. The third kappa shape index (κ3) is 2.38. The normalized spacial score (nSPS) is 30.0. The first-order valence-electron chi connectivity index (χ1n) is 5.54. The van der Waals surface area contributed by atoms with Crippen LogP contribution < -0.4 is 16.0 Å². The smallest absolute Gasteiger partial charge is 0.249 e. The van der Waals surface area contributed by atoms with Crippen LogP contribution in [0.4, 0.5) is 0 Å². The van der Waals surface area contributed by atoms with Crippen molar-refractivity contribution in [3.63, 3.8) is 0 Å². The van der Waals surface area contributed by atoms with E-state index in [9.17, 15) is 14.4 Å². The zero-order chi connectivity index (χ0) is 11.5. The van der Waals surface area contributed by atoms with Crippen LogP contribution in [0.1, 0.15) is 25.7 Å². The number of nitrogens with one attached hydrogen (secondary N) is 3. The molecule has 2 fully saturated rings. The highest BCUT2D eigenvalue weighted by Crippen LogP contribution is 2.08. The van der Waals surface area contributed by atoms with Crippen LogP contribution in [0.2, 0.25) is 0 Å². The SMILES string of the molecule is O=C1CCC(NC(=O)[C@H]2CCCN2)C(=O)N1. The Morgan fingerprint density at radius 2 is 2.12 bits per heavy atom. The predicted octanol–water partition coefficient (Wildman–Crippen LogP) is -1.34. The summed E-state index contributed by atoms with van der Waals surface area (Å²) in [7, 11) is 0. The van der Waals surface area contributed by atoms with Gasteiger partial charge < -0.3 is 10.6 Å². The number of imide groups is 1. The topological polar surface area (TPSA) is 87.3 Å². The van der Waals surface area contributed by atoms with Gasteiger partial charge in [0.1, 0.15) is 6.04 Å². The molecule has 88 valence electrons. The molecule has 0 aromatic heterocycles. The Morgan fingerprint density at radius 1 is 1.31 bits per heavy atom. The fraction of sp³-hybridized carbons (Fsp3) is 0.700. The van der Waals surface area contributed by atoms with E-state index in [2.05, 4.69) is 16.0 Å². The van der Waals surface area contributed by atoms with E-state index in [4.69, 9.17) is 0 Å². The first kappa shape index (κ1) is 11.1. The first-order chi connectivity index (χ1) is 7.66. The van der Waals surface area contributed by atoms with E-state index in [1.165, 1.54) is 0 Å². The fourth-order valence-corrected chi connectivity index (χ4v) is 2.01. The molecule has 0 spiro atoms. The van der Waals surface area contributed by atoms with Gasteiger partial charge in [0.05, 0.1) is 6.04 Å². The second-order valence-corrected chi connectivity index (χ2v) is 4.16. The Morgan fingerprint density at radius 3 is 2.75 bits per heavy atom. The van der Waals surface area contributed by atoms with Crippen molar-refractivity contribution in [1.82, 2.24) is 16.0 Å². The maximum absolute atomic E-state index is 11.7. The van der Waals surface area contributed by atoms with Crippen molar-refractivity contribution >= 4 is 17.7 Å². The summed E-state index contributed by atoms with van der Waals surface area (Å²) < 4.78 is 0. The molecule has 2 heterocycles. The van der Waals surface area contributed by atoms with Crippen molar-refractivity contribution in [3.05, 3.63) is 0 Å². The lowest BCUT2D eigenvalue weighted by molar-refractivity contribution is -0.137. The van der Waals surface area contributed by atoms with Crippen molar-refractivity contribution in [2.75, 3.05) is 6.54 Å². The molecule has 2 rings (SSSR count). The summed E-state index contributed by atoms with van der Waals surface area (Å²) in [5, 5.41) is 7.94. The van der Waals surface area contributed by atoms with Crippen LogP contribution in [0.25, 0.3) is 0 Å². The Hall–Kier alpha value is -1.43. The van der Waals surface area contributed by atoms with Gasteiger partial charge in [-0.3, -0.25) is 19.7 Å². The van der Waals surface area contributed by atoms with Crippen LogP contribution in [0.5, 0.6) is 0 Å². The van der Waals surface area contributed by atoms with Crippen molar-refractivity contribution in [3.8, 4) is 0 Å². The average Bonchev–Trinajstić information content (AvgIpc) is 2.75. The molecule has 0 aromatic carbocycles. The molecule has 0 saturated carbocycles. The molecular weight excluding hydrogens is 210 g/mol. The van der Waals surface area contributed by atoms with E-state index in [1.54, 1.807) is 0 Å². The van der Waals surface area contributed by atoms with Gasteiger partial charge in [0.25, 0.3) is 0 Å². The molecule has 3 amide bonds. The average molecular weight is 225 g/mol. The Kier molecular flexibility index (Phi) is 3.19. The monoisotopic (exact) mass is 225 g/mol. The van der Waals surface area contributed by atoms with Crippen molar-refractivity contribution in [1.29, 1.82) is 0 Å². The van der Waals surface area contributed by atoms with E-state index in [0.717, 1.165) is 19.4 Å². The Bertz CT molecular complexity index is 323. The maximum atomic E-state index is 11.7. The van der Waals surface area contributed by atoms with Gasteiger partial charge in [0.2, 0.25) is 17.7 Å². The molecular formula is C10H15N3O3. The quantitative estimate of drug-likeness (QED) is 0.508. The highest BCUT2D eigenvalue weighted by molar-refractivity contribution is 6.02. The molecule has 1 unspecified atom stereocenters. The van der Waals surface area contributed by atoms with E-state index >= 15 is 0 Å². The maximum Gasteiger partial charge on any atom is 0.249 e. The zero-order valence-electron chi connectivity index (χ0n) is 8.91. The van der Waals surface area contributed by atoms with E-state index in [1.807, 2.05) is 0 Å². The van der Waals surface area contributed by atoms with Gasteiger partial charge in [-0.15, -0.1) is 0 Å². The van der Waals surface area contributed by atoms with Crippen LogP contribution in [0, 0.1) is 0 Å². The number of piperidine rings is 1.